The van der Waals surface area contributed by atoms with Gasteiger partial charge in [-0.2, -0.15) is 0 Å². The Labute approximate surface area is 532 Å². The summed E-state index contributed by atoms with van der Waals surface area (Å²) in [6.07, 6.45) is 96.9. The Bertz CT molecular complexity index is 1380. The van der Waals surface area contributed by atoms with Crippen molar-refractivity contribution in [3.63, 3.8) is 0 Å². The largest absolute Gasteiger partial charge is 0.466 e. The number of nitrogens with one attached hydrogen (secondary N) is 1. The summed E-state index contributed by atoms with van der Waals surface area (Å²) in [5.41, 5.74) is 0. The van der Waals surface area contributed by atoms with Crippen molar-refractivity contribution in [2.45, 2.75) is 443 Å². The molecule has 502 valence electrons. The molecule has 0 heterocycles. The van der Waals surface area contributed by atoms with Gasteiger partial charge >= 0.3 is 5.97 Å². The molecule has 0 spiro atoms. The standard InChI is InChI=1S/C79H151NO5/c1-3-5-7-9-11-13-15-17-19-20-21-35-38-41-44-47-51-55-59-63-67-71-77(82)76(75-81)80-78(83)72-68-64-60-56-52-48-45-42-39-36-33-31-29-27-25-23-22-24-26-28-30-32-34-37-40-43-46-50-54-58-62-66-70-74-85-79(84)73-69-65-61-57-53-49-18-16-14-12-10-8-6-4-2/h16,18,26,28,67,71,76-77,81-82H,3-15,17,19-25,27,29-66,68-70,72-75H2,1-2H3,(H,80,83)/b18-16-,28-26-,71-67+. The lowest BCUT2D eigenvalue weighted by Gasteiger charge is -2.20. The van der Waals surface area contributed by atoms with E-state index >= 15 is 0 Å². The van der Waals surface area contributed by atoms with Gasteiger partial charge in [0.15, 0.2) is 0 Å². The zero-order chi connectivity index (χ0) is 61.3. The third-order valence-electron chi connectivity index (χ3n) is 18.1. The van der Waals surface area contributed by atoms with Crippen molar-refractivity contribution in [2.24, 2.45) is 0 Å². The lowest BCUT2D eigenvalue weighted by atomic mass is 10.0. The van der Waals surface area contributed by atoms with E-state index in [9.17, 15) is 19.8 Å². The van der Waals surface area contributed by atoms with E-state index in [0.717, 1.165) is 44.9 Å². The van der Waals surface area contributed by atoms with Crippen molar-refractivity contribution >= 4 is 11.9 Å². The summed E-state index contributed by atoms with van der Waals surface area (Å²) >= 11 is 0. The van der Waals surface area contributed by atoms with Crippen LogP contribution in [0.5, 0.6) is 0 Å². The van der Waals surface area contributed by atoms with Crippen molar-refractivity contribution in [3.05, 3.63) is 36.5 Å². The topological polar surface area (TPSA) is 95.9 Å². The van der Waals surface area contributed by atoms with Crippen LogP contribution >= 0.6 is 0 Å². The van der Waals surface area contributed by atoms with Crippen LogP contribution in [0.2, 0.25) is 0 Å². The van der Waals surface area contributed by atoms with Crippen LogP contribution < -0.4 is 5.32 Å². The Hall–Kier alpha value is -1.92. The third-order valence-corrected chi connectivity index (χ3v) is 18.1. The summed E-state index contributed by atoms with van der Waals surface area (Å²) in [6.45, 7) is 4.94. The molecule has 0 aliphatic carbocycles. The van der Waals surface area contributed by atoms with Crippen LogP contribution in [0.1, 0.15) is 431 Å². The SMILES string of the molecule is CCCCCCC/C=C\CCCCCCCC(=O)OCCCCCCCCCCCCCC/C=C\CCCCCCCCCCCCCCCCCCCC(=O)NC(CO)C(O)/C=C/CCCCCCCCCCCCCCCCCCCCC. The van der Waals surface area contributed by atoms with E-state index in [4.69, 9.17) is 4.74 Å². The Morgan fingerprint density at radius 1 is 0.318 bits per heavy atom. The van der Waals surface area contributed by atoms with Crippen LogP contribution in [-0.4, -0.2) is 47.4 Å². The maximum Gasteiger partial charge on any atom is 0.305 e. The first kappa shape index (κ1) is 83.1. The van der Waals surface area contributed by atoms with E-state index in [1.807, 2.05) is 6.08 Å². The van der Waals surface area contributed by atoms with E-state index in [-0.39, 0.29) is 18.5 Å². The van der Waals surface area contributed by atoms with Gasteiger partial charge in [0.05, 0.1) is 25.4 Å². The number of allylic oxidation sites excluding steroid dienone is 5. The fraction of sp³-hybridized carbons (Fsp3) is 0.899. The van der Waals surface area contributed by atoms with Gasteiger partial charge in [-0.15, -0.1) is 0 Å². The van der Waals surface area contributed by atoms with Gasteiger partial charge in [-0.25, -0.2) is 0 Å². The normalized spacial score (nSPS) is 12.7. The van der Waals surface area contributed by atoms with Crippen LogP contribution in [-0.2, 0) is 14.3 Å². The van der Waals surface area contributed by atoms with Gasteiger partial charge in [-0.05, 0) is 83.5 Å². The molecule has 0 aromatic carbocycles. The number of hydrogen-bond acceptors (Lipinski definition) is 5. The molecule has 0 bridgehead atoms. The molecule has 0 saturated heterocycles. The first-order valence-electron chi connectivity index (χ1n) is 38.8. The zero-order valence-corrected chi connectivity index (χ0v) is 57.6. The maximum absolute atomic E-state index is 12.5. The molecule has 85 heavy (non-hydrogen) atoms. The summed E-state index contributed by atoms with van der Waals surface area (Å²) in [5.74, 6) is -0.0501. The number of hydrogen-bond donors (Lipinski definition) is 3. The number of esters is 1. The van der Waals surface area contributed by atoms with Gasteiger partial charge in [-0.3, -0.25) is 9.59 Å². The van der Waals surface area contributed by atoms with Crippen LogP contribution in [0, 0.1) is 0 Å². The predicted molar refractivity (Wildman–Crippen MR) is 375 cm³/mol. The number of carbonyl (C=O) groups is 2. The Balaban J connectivity index is 3.37. The van der Waals surface area contributed by atoms with E-state index in [2.05, 4.69) is 43.5 Å². The van der Waals surface area contributed by atoms with Gasteiger partial charge in [-0.1, -0.05) is 371 Å². The molecule has 6 nitrogen and oxygen atoms in total. The molecular weight excluding hydrogens is 1040 g/mol. The lowest BCUT2D eigenvalue weighted by molar-refractivity contribution is -0.143. The number of carbonyl (C=O) groups excluding carboxylic acids is 2. The minimum Gasteiger partial charge on any atom is -0.466 e. The zero-order valence-electron chi connectivity index (χ0n) is 57.6. The molecule has 0 radical (unpaired) electrons. The first-order valence-corrected chi connectivity index (χ1v) is 38.8. The van der Waals surface area contributed by atoms with Crippen molar-refractivity contribution in [2.75, 3.05) is 13.2 Å². The Kier molecular flexibility index (Phi) is 72.9. The molecule has 0 rings (SSSR count). The average molecular weight is 1200 g/mol. The molecule has 0 aliphatic heterocycles. The third kappa shape index (κ3) is 71.0. The number of ether oxygens (including phenoxy) is 1. The Morgan fingerprint density at radius 2 is 0.553 bits per heavy atom. The molecule has 0 aliphatic rings. The fourth-order valence-electron chi connectivity index (χ4n) is 12.2. The first-order chi connectivity index (χ1) is 42.0. The maximum atomic E-state index is 12.5. The Morgan fingerprint density at radius 3 is 0.835 bits per heavy atom. The van der Waals surface area contributed by atoms with Gasteiger partial charge in [0.2, 0.25) is 5.91 Å². The highest BCUT2D eigenvalue weighted by Crippen LogP contribution is 2.19. The van der Waals surface area contributed by atoms with E-state index in [1.165, 1.54) is 360 Å². The molecule has 2 unspecified atom stereocenters. The molecule has 1 amide bonds. The number of amides is 1. The highest BCUT2D eigenvalue weighted by atomic mass is 16.5. The molecule has 6 heteroatoms. The van der Waals surface area contributed by atoms with Crippen LogP contribution in [0.15, 0.2) is 36.5 Å². The van der Waals surface area contributed by atoms with E-state index in [0.29, 0.717) is 19.4 Å². The monoisotopic (exact) mass is 1190 g/mol. The minimum absolute atomic E-state index is 0.0105. The number of unbranched alkanes of at least 4 members (excludes halogenated alkanes) is 58. The number of rotatable bonds is 73. The molecule has 2 atom stereocenters. The number of aliphatic hydroxyl groups excluding tert-OH is 2. The second kappa shape index (κ2) is 74.5. The smallest absolute Gasteiger partial charge is 0.305 e. The molecular formula is C79H151NO5. The van der Waals surface area contributed by atoms with E-state index < -0.39 is 12.1 Å². The molecule has 3 N–H and O–H groups in total. The van der Waals surface area contributed by atoms with E-state index in [1.54, 1.807) is 6.08 Å². The lowest BCUT2D eigenvalue weighted by Crippen LogP contribution is -2.45. The second-order valence-electron chi connectivity index (χ2n) is 26.7. The summed E-state index contributed by atoms with van der Waals surface area (Å²) < 4.78 is 5.49. The summed E-state index contributed by atoms with van der Waals surface area (Å²) in [5, 5.41) is 23.3. The number of aliphatic hydroxyl groups is 2. The highest BCUT2D eigenvalue weighted by Gasteiger charge is 2.18. The summed E-state index contributed by atoms with van der Waals surface area (Å²) in [4.78, 5) is 24.6. The van der Waals surface area contributed by atoms with Gasteiger partial charge < -0.3 is 20.3 Å². The molecule has 0 aromatic rings. The summed E-state index contributed by atoms with van der Waals surface area (Å²) in [6, 6.07) is -0.627. The second-order valence-corrected chi connectivity index (χ2v) is 26.7. The van der Waals surface area contributed by atoms with Crippen molar-refractivity contribution in [3.8, 4) is 0 Å². The van der Waals surface area contributed by atoms with Gasteiger partial charge in [0.25, 0.3) is 0 Å². The fourth-order valence-corrected chi connectivity index (χ4v) is 12.2. The molecule has 0 fully saturated rings. The van der Waals surface area contributed by atoms with Crippen LogP contribution in [0.3, 0.4) is 0 Å². The summed E-state index contributed by atoms with van der Waals surface area (Å²) in [7, 11) is 0. The highest BCUT2D eigenvalue weighted by molar-refractivity contribution is 5.76. The van der Waals surface area contributed by atoms with Crippen molar-refractivity contribution < 1.29 is 24.5 Å². The molecule has 0 saturated carbocycles. The van der Waals surface area contributed by atoms with Crippen molar-refractivity contribution in [1.29, 1.82) is 0 Å². The quantitative estimate of drug-likeness (QED) is 0.0320. The predicted octanol–water partition coefficient (Wildman–Crippen LogP) is 25.4. The van der Waals surface area contributed by atoms with Gasteiger partial charge in [0, 0.05) is 12.8 Å². The van der Waals surface area contributed by atoms with Gasteiger partial charge in [0.1, 0.15) is 0 Å². The molecule has 0 aromatic heterocycles. The van der Waals surface area contributed by atoms with Crippen LogP contribution in [0.4, 0.5) is 0 Å². The minimum atomic E-state index is -0.844. The van der Waals surface area contributed by atoms with Crippen molar-refractivity contribution in [1.82, 2.24) is 5.32 Å². The average Bonchev–Trinajstić information content (AvgIpc) is 3.51. The van der Waals surface area contributed by atoms with Crippen LogP contribution in [0.25, 0.3) is 0 Å².